The summed E-state index contributed by atoms with van der Waals surface area (Å²) in [6.07, 6.45) is 2.59. The van der Waals surface area contributed by atoms with E-state index in [1.54, 1.807) is 29.3 Å². The number of halogens is 1. The Labute approximate surface area is 211 Å². The van der Waals surface area contributed by atoms with Crippen LogP contribution >= 0.6 is 15.9 Å². The average molecular weight is 533 g/mol. The van der Waals surface area contributed by atoms with Crippen molar-refractivity contribution in [2.45, 2.75) is 33.2 Å². The molecule has 1 unspecified atom stereocenters. The predicted octanol–water partition coefficient (Wildman–Crippen LogP) is 6.43. The van der Waals surface area contributed by atoms with E-state index >= 15 is 0 Å². The van der Waals surface area contributed by atoms with Crippen LogP contribution in [-0.4, -0.2) is 17.5 Å². The molecule has 0 fully saturated rings. The number of aromatic nitrogens is 1. The topological polar surface area (TPSA) is 72.6 Å². The van der Waals surface area contributed by atoms with Gasteiger partial charge in [0, 0.05) is 10.7 Å². The van der Waals surface area contributed by atoms with Gasteiger partial charge in [-0.25, -0.2) is 4.98 Å². The van der Waals surface area contributed by atoms with E-state index in [1.807, 2.05) is 43.3 Å². The Morgan fingerprint density at radius 1 is 1.11 bits per heavy atom. The van der Waals surface area contributed by atoms with E-state index in [0.29, 0.717) is 40.6 Å². The quantitative estimate of drug-likeness (QED) is 0.286. The van der Waals surface area contributed by atoms with Gasteiger partial charge in [0.05, 0.1) is 23.6 Å². The van der Waals surface area contributed by atoms with Gasteiger partial charge in [-0.05, 0) is 72.9 Å². The molecule has 0 spiro atoms. The number of benzene rings is 2. The molecule has 0 N–H and O–H groups in total. The lowest BCUT2D eigenvalue weighted by molar-refractivity contribution is 0.0970. The zero-order chi connectivity index (χ0) is 24.7. The van der Waals surface area contributed by atoms with Crippen molar-refractivity contribution in [2.24, 2.45) is 5.92 Å². The number of anilines is 1. The molecule has 35 heavy (non-hydrogen) atoms. The molecule has 5 rings (SSSR count). The Hall–Kier alpha value is -3.45. The SMILES string of the molecule is Cc1ccnc(N2C(=O)c3oc4ccc(Br)cc4c(=O)c3C2c2cccc(OCCC(C)C)c2)c1. The van der Waals surface area contributed by atoms with Crippen molar-refractivity contribution in [2.75, 3.05) is 11.5 Å². The van der Waals surface area contributed by atoms with E-state index in [0.717, 1.165) is 22.0 Å². The lowest BCUT2D eigenvalue weighted by atomic mass is 9.98. The molecule has 0 saturated carbocycles. The zero-order valence-electron chi connectivity index (χ0n) is 19.7. The van der Waals surface area contributed by atoms with Crippen LogP contribution in [0.3, 0.4) is 0 Å². The summed E-state index contributed by atoms with van der Waals surface area (Å²) in [7, 11) is 0. The van der Waals surface area contributed by atoms with E-state index in [-0.39, 0.29) is 11.2 Å². The number of hydrogen-bond acceptors (Lipinski definition) is 5. The molecule has 1 aliphatic heterocycles. The molecule has 3 heterocycles. The average Bonchev–Trinajstić information content (AvgIpc) is 3.12. The van der Waals surface area contributed by atoms with Gasteiger partial charge in [-0.15, -0.1) is 0 Å². The minimum absolute atomic E-state index is 0.0456. The largest absolute Gasteiger partial charge is 0.494 e. The van der Waals surface area contributed by atoms with Gasteiger partial charge in [0.15, 0.2) is 5.43 Å². The van der Waals surface area contributed by atoms with Gasteiger partial charge in [0.1, 0.15) is 17.2 Å². The number of amides is 1. The number of carbonyl (C=O) groups excluding carboxylic acids is 1. The third-order valence-corrected chi connectivity index (χ3v) is 6.61. The molecule has 178 valence electrons. The van der Waals surface area contributed by atoms with Crippen molar-refractivity contribution in [3.05, 3.63) is 97.9 Å². The van der Waals surface area contributed by atoms with Gasteiger partial charge in [-0.2, -0.15) is 0 Å². The summed E-state index contributed by atoms with van der Waals surface area (Å²) in [5.41, 5.74) is 2.15. The Morgan fingerprint density at radius 3 is 2.71 bits per heavy atom. The molecular formula is C28H25BrN2O4. The van der Waals surface area contributed by atoms with Gasteiger partial charge in [-0.1, -0.05) is 41.9 Å². The van der Waals surface area contributed by atoms with Gasteiger partial charge in [0.25, 0.3) is 5.91 Å². The Bertz CT molecular complexity index is 1490. The highest BCUT2D eigenvalue weighted by Gasteiger charge is 2.44. The van der Waals surface area contributed by atoms with Gasteiger partial charge >= 0.3 is 0 Å². The molecule has 4 aromatic rings. The van der Waals surface area contributed by atoms with E-state index in [4.69, 9.17) is 9.15 Å². The summed E-state index contributed by atoms with van der Waals surface area (Å²) in [6, 6.07) is 15.8. The lowest BCUT2D eigenvalue weighted by Crippen LogP contribution is -2.30. The van der Waals surface area contributed by atoms with Crippen molar-refractivity contribution in [1.29, 1.82) is 0 Å². The lowest BCUT2D eigenvalue weighted by Gasteiger charge is -2.24. The van der Waals surface area contributed by atoms with Gasteiger partial charge in [0.2, 0.25) is 5.76 Å². The zero-order valence-corrected chi connectivity index (χ0v) is 21.3. The molecule has 1 aliphatic rings. The number of ether oxygens (including phenoxy) is 1. The first kappa shape index (κ1) is 23.3. The Balaban J connectivity index is 1.69. The first-order chi connectivity index (χ1) is 16.8. The number of nitrogens with zero attached hydrogens (tertiary/aromatic N) is 2. The fourth-order valence-corrected chi connectivity index (χ4v) is 4.70. The van der Waals surface area contributed by atoms with Gasteiger partial charge < -0.3 is 9.15 Å². The summed E-state index contributed by atoms with van der Waals surface area (Å²) in [5, 5.41) is 0.416. The Morgan fingerprint density at radius 2 is 1.94 bits per heavy atom. The number of carbonyl (C=O) groups is 1. The van der Waals surface area contributed by atoms with Crippen molar-refractivity contribution in [1.82, 2.24) is 4.98 Å². The van der Waals surface area contributed by atoms with Crippen LogP contribution in [0.2, 0.25) is 0 Å². The summed E-state index contributed by atoms with van der Waals surface area (Å²) in [6.45, 7) is 6.82. The van der Waals surface area contributed by atoms with E-state index in [1.165, 1.54) is 0 Å². The summed E-state index contributed by atoms with van der Waals surface area (Å²) < 4.78 is 12.8. The normalized spacial score (nSPS) is 15.2. The van der Waals surface area contributed by atoms with Crippen molar-refractivity contribution in [3.8, 4) is 5.75 Å². The van der Waals surface area contributed by atoms with Crippen LogP contribution in [0.15, 0.2) is 74.5 Å². The first-order valence-electron chi connectivity index (χ1n) is 11.6. The summed E-state index contributed by atoms with van der Waals surface area (Å²) in [5.74, 6) is 1.33. The molecule has 0 saturated heterocycles. The highest BCUT2D eigenvalue weighted by atomic mass is 79.9. The van der Waals surface area contributed by atoms with Crippen molar-refractivity contribution < 1.29 is 13.9 Å². The van der Waals surface area contributed by atoms with E-state index in [9.17, 15) is 9.59 Å². The molecule has 1 amide bonds. The number of fused-ring (bicyclic) bond motifs is 2. The van der Waals surface area contributed by atoms with Crippen molar-refractivity contribution in [3.63, 3.8) is 0 Å². The summed E-state index contributed by atoms with van der Waals surface area (Å²) >= 11 is 3.43. The van der Waals surface area contributed by atoms with E-state index in [2.05, 4.69) is 34.8 Å². The molecule has 6 nitrogen and oxygen atoms in total. The summed E-state index contributed by atoms with van der Waals surface area (Å²) in [4.78, 5) is 33.5. The number of rotatable bonds is 6. The standard InChI is InChI=1S/C28H25BrN2O4/c1-16(2)10-12-34-20-6-4-5-18(14-20)25-24-26(32)21-15-19(29)7-8-22(21)35-27(24)28(33)31(25)23-13-17(3)9-11-30-23/h4-9,11,13-16,25H,10,12H2,1-3H3. The third kappa shape index (κ3) is 4.36. The molecule has 2 aromatic heterocycles. The van der Waals surface area contributed by atoms with Crippen LogP contribution in [0.25, 0.3) is 11.0 Å². The molecule has 0 aliphatic carbocycles. The molecular weight excluding hydrogens is 508 g/mol. The third-order valence-electron chi connectivity index (χ3n) is 6.12. The maximum atomic E-state index is 13.8. The second kappa shape index (κ2) is 9.30. The number of hydrogen-bond donors (Lipinski definition) is 0. The highest BCUT2D eigenvalue weighted by molar-refractivity contribution is 9.10. The number of pyridine rings is 1. The maximum absolute atomic E-state index is 13.8. The van der Waals surface area contributed by atoms with Crippen LogP contribution in [0, 0.1) is 12.8 Å². The van der Waals surface area contributed by atoms with Gasteiger partial charge in [-0.3, -0.25) is 14.5 Å². The minimum Gasteiger partial charge on any atom is -0.494 e. The van der Waals surface area contributed by atoms with Crippen LogP contribution in [-0.2, 0) is 0 Å². The highest BCUT2D eigenvalue weighted by Crippen LogP contribution is 2.41. The maximum Gasteiger partial charge on any atom is 0.296 e. The number of aryl methyl sites for hydroxylation is 1. The van der Waals surface area contributed by atoms with Crippen molar-refractivity contribution >= 4 is 38.6 Å². The molecule has 0 radical (unpaired) electrons. The van der Waals surface area contributed by atoms with Crippen LogP contribution in [0.4, 0.5) is 5.82 Å². The smallest absolute Gasteiger partial charge is 0.296 e. The van der Waals surface area contributed by atoms with Crippen LogP contribution < -0.4 is 15.1 Å². The molecule has 1 atom stereocenters. The minimum atomic E-state index is -0.694. The first-order valence-corrected chi connectivity index (χ1v) is 12.4. The van der Waals surface area contributed by atoms with Crippen LogP contribution in [0.5, 0.6) is 5.75 Å². The predicted molar refractivity (Wildman–Crippen MR) is 139 cm³/mol. The monoisotopic (exact) mass is 532 g/mol. The van der Waals surface area contributed by atoms with E-state index < -0.39 is 11.9 Å². The fraction of sp³-hybridized carbons (Fsp3) is 0.250. The Kier molecular flexibility index (Phi) is 6.19. The second-order valence-electron chi connectivity index (χ2n) is 9.19. The second-order valence-corrected chi connectivity index (χ2v) is 10.1. The van der Waals surface area contributed by atoms with Crippen LogP contribution in [0.1, 0.15) is 53.6 Å². The fourth-order valence-electron chi connectivity index (χ4n) is 4.34. The molecule has 7 heteroatoms. The molecule has 2 aromatic carbocycles. The molecule has 0 bridgehead atoms.